The zero-order valence-corrected chi connectivity index (χ0v) is 17.8. The Bertz CT molecular complexity index is 803. The van der Waals surface area contributed by atoms with E-state index in [2.05, 4.69) is 43.4 Å². The molecule has 0 aliphatic carbocycles. The largest absolute Gasteiger partial charge is 0.357 e. The van der Waals surface area contributed by atoms with E-state index in [4.69, 9.17) is 11.6 Å². The molecule has 0 saturated carbocycles. The summed E-state index contributed by atoms with van der Waals surface area (Å²) in [5.41, 5.74) is 3.30. The second-order valence-corrected chi connectivity index (χ2v) is 7.77. The van der Waals surface area contributed by atoms with Gasteiger partial charge in [-0.3, -0.25) is 9.59 Å². The van der Waals surface area contributed by atoms with Crippen LogP contribution in [0, 0.1) is 0 Å². The lowest BCUT2D eigenvalue weighted by Crippen LogP contribution is -2.46. The van der Waals surface area contributed by atoms with Gasteiger partial charge in [0.05, 0.1) is 0 Å². The summed E-state index contributed by atoms with van der Waals surface area (Å²) in [6, 6.07) is 15.2. The van der Waals surface area contributed by atoms with E-state index in [-0.39, 0.29) is 11.8 Å². The Kier molecular flexibility index (Phi) is 8.06. The predicted octanol–water partition coefficient (Wildman–Crippen LogP) is 4.56. The SMILES string of the molecule is CNC(=O)C(C)N(Cc1cccc(Cl)c1)C(=O)CCc1ccc(C(C)C)cc1. The first kappa shape index (κ1) is 22.0. The Morgan fingerprint density at radius 3 is 2.29 bits per heavy atom. The van der Waals surface area contributed by atoms with Crippen LogP contribution in [-0.2, 0) is 22.6 Å². The first-order valence-electron chi connectivity index (χ1n) is 9.66. The standard InChI is InChI=1S/C23H29ClN2O2/c1-16(2)20-11-8-18(9-12-20)10-13-22(27)26(17(3)23(28)25-4)15-19-6-5-7-21(24)14-19/h5-9,11-12,14,16-17H,10,13,15H2,1-4H3,(H,25,28). The minimum absolute atomic E-state index is 0.0518. The summed E-state index contributed by atoms with van der Waals surface area (Å²) in [6.45, 7) is 6.41. The number of carbonyl (C=O) groups excluding carboxylic acids is 2. The van der Waals surface area contributed by atoms with Crippen molar-refractivity contribution in [3.05, 3.63) is 70.2 Å². The fourth-order valence-electron chi connectivity index (χ4n) is 3.09. The lowest BCUT2D eigenvalue weighted by atomic mass is 10.00. The monoisotopic (exact) mass is 400 g/mol. The maximum Gasteiger partial charge on any atom is 0.242 e. The van der Waals surface area contributed by atoms with Gasteiger partial charge in [0.1, 0.15) is 6.04 Å². The van der Waals surface area contributed by atoms with Gasteiger partial charge < -0.3 is 10.2 Å². The molecule has 1 unspecified atom stereocenters. The van der Waals surface area contributed by atoms with Gasteiger partial charge in [0, 0.05) is 25.0 Å². The first-order chi connectivity index (χ1) is 13.3. The van der Waals surface area contributed by atoms with E-state index in [1.54, 1.807) is 24.9 Å². The van der Waals surface area contributed by atoms with Crippen molar-refractivity contribution in [1.82, 2.24) is 10.2 Å². The molecule has 0 aliphatic rings. The molecule has 1 atom stereocenters. The van der Waals surface area contributed by atoms with Gasteiger partial charge in [-0.05, 0) is 48.1 Å². The summed E-state index contributed by atoms with van der Waals surface area (Å²) in [5.74, 6) is 0.248. The van der Waals surface area contributed by atoms with Crippen molar-refractivity contribution in [2.24, 2.45) is 0 Å². The lowest BCUT2D eigenvalue weighted by Gasteiger charge is -2.28. The maximum absolute atomic E-state index is 13.0. The summed E-state index contributed by atoms with van der Waals surface area (Å²) in [6.07, 6.45) is 0.993. The highest BCUT2D eigenvalue weighted by atomic mass is 35.5. The van der Waals surface area contributed by atoms with Gasteiger partial charge in [0.25, 0.3) is 0 Å². The molecule has 2 aromatic rings. The Morgan fingerprint density at radius 2 is 1.71 bits per heavy atom. The fourth-order valence-corrected chi connectivity index (χ4v) is 3.30. The van der Waals surface area contributed by atoms with Gasteiger partial charge in [0.15, 0.2) is 0 Å². The number of likely N-dealkylation sites (N-methyl/N-ethyl adjacent to an activating group) is 1. The molecule has 0 aliphatic heterocycles. The van der Waals surface area contributed by atoms with Crippen LogP contribution in [0.4, 0.5) is 0 Å². The molecule has 0 saturated heterocycles. The van der Waals surface area contributed by atoms with Crippen LogP contribution in [0.5, 0.6) is 0 Å². The topological polar surface area (TPSA) is 49.4 Å². The summed E-state index contributed by atoms with van der Waals surface area (Å²) < 4.78 is 0. The molecule has 2 rings (SSSR count). The average Bonchev–Trinajstić information content (AvgIpc) is 2.69. The molecule has 150 valence electrons. The molecule has 0 aromatic heterocycles. The molecule has 0 bridgehead atoms. The molecule has 28 heavy (non-hydrogen) atoms. The molecule has 5 heteroatoms. The molecule has 0 radical (unpaired) electrons. The number of aryl methyl sites for hydroxylation is 1. The smallest absolute Gasteiger partial charge is 0.242 e. The summed E-state index contributed by atoms with van der Waals surface area (Å²) >= 11 is 6.07. The van der Waals surface area contributed by atoms with E-state index in [0.717, 1.165) is 11.1 Å². The highest BCUT2D eigenvalue weighted by Gasteiger charge is 2.25. The highest BCUT2D eigenvalue weighted by molar-refractivity contribution is 6.30. The first-order valence-corrected chi connectivity index (χ1v) is 10.0. The van der Waals surface area contributed by atoms with E-state index in [9.17, 15) is 9.59 Å². The van der Waals surface area contributed by atoms with E-state index in [0.29, 0.717) is 30.3 Å². The number of hydrogen-bond acceptors (Lipinski definition) is 2. The van der Waals surface area contributed by atoms with E-state index < -0.39 is 6.04 Å². The molecule has 0 fully saturated rings. The number of amides is 2. The van der Waals surface area contributed by atoms with Crippen LogP contribution in [0.25, 0.3) is 0 Å². The van der Waals surface area contributed by atoms with Crippen molar-refractivity contribution in [2.45, 2.75) is 52.1 Å². The maximum atomic E-state index is 13.0. The normalized spacial score (nSPS) is 11.9. The van der Waals surface area contributed by atoms with Gasteiger partial charge in [-0.2, -0.15) is 0 Å². The van der Waals surface area contributed by atoms with Crippen molar-refractivity contribution in [2.75, 3.05) is 7.05 Å². The summed E-state index contributed by atoms with van der Waals surface area (Å²) in [7, 11) is 1.58. The number of nitrogens with zero attached hydrogens (tertiary/aromatic N) is 1. The van der Waals surface area contributed by atoms with Crippen LogP contribution in [0.15, 0.2) is 48.5 Å². The van der Waals surface area contributed by atoms with Gasteiger partial charge >= 0.3 is 0 Å². The van der Waals surface area contributed by atoms with Crippen LogP contribution in [-0.4, -0.2) is 29.8 Å². The third kappa shape index (κ3) is 6.10. The van der Waals surface area contributed by atoms with Crippen molar-refractivity contribution < 1.29 is 9.59 Å². The highest BCUT2D eigenvalue weighted by Crippen LogP contribution is 2.18. The minimum atomic E-state index is -0.556. The third-order valence-electron chi connectivity index (χ3n) is 4.93. The molecule has 1 N–H and O–H groups in total. The minimum Gasteiger partial charge on any atom is -0.357 e. The number of benzene rings is 2. The second kappa shape index (κ2) is 10.3. The molecule has 2 aromatic carbocycles. The Morgan fingerprint density at radius 1 is 1.04 bits per heavy atom. The Balaban J connectivity index is 2.10. The number of hydrogen-bond donors (Lipinski definition) is 1. The Labute approximate surface area is 172 Å². The quantitative estimate of drug-likeness (QED) is 0.706. The second-order valence-electron chi connectivity index (χ2n) is 7.34. The lowest BCUT2D eigenvalue weighted by molar-refractivity contribution is -0.140. The summed E-state index contributed by atoms with van der Waals surface area (Å²) in [4.78, 5) is 26.7. The van der Waals surface area contributed by atoms with Crippen LogP contribution in [0.3, 0.4) is 0 Å². The third-order valence-corrected chi connectivity index (χ3v) is 5.16. The molecule has 0 heterocycles. The van der Waals surface area contributed by atoms with Gasteiger partial charge in [-0.15, -0.1) is 0 Å². The number of carbonyl (C=O) groups is 2. The van der Waals surface area contributed by atoms with Gasteiger partial charge in [0.2, 0.25) is 11.8 Å². The average molecular weight is 401 g/mol. The van der Waals surface area contributed by atoms with Crippen molar-refractivity contribution in [3.8, 4) is 0 Å². The zero-order valence-electron chi connectivity index (χ0n) is 17.0. The molecule has 4 nitrogen and oxygen atoms in total. The molecule has 0 spiro atoms. The van der Waals surface area contributed by atoms with Crippen LogP contribution >= 0.6 is 11.6 Å². The van der Waals surface area contributed by atoms with E-state index in [1.807, 2.05) is 18.2 Å². The summed E-state index contributed by atoms with van der Waals surface area (Å²) in [5, 5.41) is 3.24. The predicted molar refractivity (Wildman–Crippen MR) is 114 cm³/mol. The van der Waals surface area contributed by atoms with Gasteiger partial charge in [-0.1, -0.05) is 61.8 Å². The number of rotatable bonds is 8. The van der Waals surface area contributed by atoms with Crippen LogP contribution in [0.1, 0.15) is 49.8 Å². The number of nitrogens with one attached hydrogen (secondary N) is 1. The van der Waals surface area contributed by atoms with Gasteiger partial charge in [-0.25, -0.2) is 0 Å². The zero-order chi connectivity index (χ0) is 20.7. The van der Waals surface area contributed by atoms with Crippen LogP contribution in [0.2, 0.25) is 5.02 Å². The molecular formula is C23H29ClN2O2. The molecular weight excluding hydrogens is 372 g/mol. The molecule has 2 amide bonds. The Hall–Kier alpha value is -2.33. The van der Waals surface area contributed by atoms with Crippen molar-refractivity contribution in [1.29, 1.82) is 0 Å². The van der Waals surface area contributed by atoms with E-state index >= 15 is 0 Å². The van der Waals surface area contributed by atoms with Crippen molar-refractivity contribution >= 4 is 23.4 Å². The van der Waals surface area contributed by atoms with Crippen molar-refractivity contribution in [3.63, 3.8) is 0 Å². The number of halogens is 1. The fraction of sp³-hybridized carbons (Fsp3) is 0.391. The van der Waals surface area contributed by atoms with E-state index in [1.165, 1.54) is 5.56 Å². The van der Waals surface area contributed by atoms with Crippen LogP contribution < -0.4 is 5.32 Å².